The van der Waals surface area contributed by atoms with Gasteiger partial charge in [-0.15, -0.1) is 0 Å². The molecule has 6 heteroatoms. The van der Waals surface area contributed by atoms with Crippen molar-refractivity contribution in [1.82, 2.24) is 0 Å². The first-order valence-corrected chi connectivity index (χ1v) is 34.0. The summed E-state index contributed by atoms with van der Waals surface area (Å²) in [5, 5.41) is 0. The molecule has 0 saturated heterocycles. The van der Waals surface area contributed by atoms with Crippen molar-refractivity contribution in [3.8, 4) is 0 Å². The Kier molecular flexibility index (Phi) is 65.4. The standard InChI is InChI=1S/C77H124O6/c1-4-7-10-13-16-18-20-22-24-26-28-30-32-34-36-37-38-39-41-42-44-46-48-50-52-54-56-58-61-64-67-70-76(79)82-73-74(72-81-75(78)69-66-63-60-15-12-9-6-3)83-77(80)71-68-65-62-59-57-55-53-51-49-47-45-43-40-35-33-31-29-27-25-23-21-19-17-14-11-8-5-2/h7-8,10-11,16-19,22-25,28-31,34,36,38-39,42,44,48,50,54,56,74H,4-6,9,12-15,20-21,26-27,32-33,35,37,40-41,43,45-47,49,51-53,55,57-73H2,1-3H3/b10-7-,11-8-,18-16-,19-17-,24-22-,25-23-,30-28-,31-29-,36-34-,39-38-,44-42-,50-48-,56-54-. The average Bonchev–Trinajstić information content (AvgIpc) is 3.50. The Morgan fingerprint density at radius 1 is 0.253 bits per heavy atom. The van der Waals surface area contributed by atoms with Crippen molar-refractivity contribution in [2.75, 3.05) is 13.2 Å². The summed E-state index contributed by atoms with van der Waals surface area (Å²) >= 11 is 0. The molecule has 0 radical (unpaired) electrons. The van der Waals surface area contributed by atoms with Crippen LogP contribution in [0.4, 0.5) is 0 Å². The highest BCUT2D eigenvalue weighted by molar-refractivity contribution is 5.71. The fourth-order valence-corrected chi connectivity index (χ4v) is 9.01. The molecule has 6 nitrogen and oxygen atoms in total. The number of rotatable bonds is 60. The number of unbranched alkanes of at least 4 members (excludes halogenated alkanes) is 23. The van der Waals surface area contributed by atoms with E-state index in [4.69, 9.17) is 14.2 Å². The molecular formula is C77H124O6. The lowest BCUT2D eigenvalue weighted by Gasteiger charge is -2.18. The lowest BCUT2D eigenvalue weighted by molar-refractivity contribution is -0.167. The first kappa shape index (κ1) is 78.0. The lowest BCUT2D eigenvalue weighted by Crippen LogP contribution is -2.30. The van der Waals surface area contributed by atoms with Crippen molar-refractivity contribution in [1.29, 1.82) is 0 Å². The first-order chi connectivity index (χ1) is 41.0. The summed E-state index contributed by atoms with van der Waals surface area (Å²) in [6, 6.07) is 0. The summed E-state index contributed by atoms with van der Waals surface area (Å²) in [6.45, 7) is 6.35. The zero-order valence-corrected chi connectivity index (χ0v) is 53.7. The molecule has 0 rings (SSSR count). The van der Waals surface area contributed by atoms with E-state index in [0.717, 1.165) is 148 Å². The van der Waals surface area contributed by atoms with E-state index in [-0.39, 0.29) is 31.1 Å². The normalized spacial score (nSPS) is 13.1. The van der Waals surface area contributed by atoms with Gasteiger partial charge in [-0.3, -0.25) is 14.4 Å². The minimum Gasteiger partial charge on any atom is -0.462 e. The predicted octanol–water partition coefficient (Wildman–Crippen LogP) is 23.7. The molecule has 0 fully saturated rings. The van der Waals surface area contributed by atoms with Gasteiger partial charge in [-0.1, -0.05) is 301 Å². The third kappa shape index (κ3) is 67.7. The van der Waals surface area contributed by atoms with Gasteiger partial charge in [0.1, 0.15) is 13.2 Å². The maximum Gasteiger partial charge on any atom is 0.306 e. The van der Waals surface area contributed by atoms with Crippen molar-refractivity contribution in [3.05, 3.63) is 158 Å². The Balaban J connectivity index is 4.21. The Bertz CT molecular complexity index is 1840. The maximum absolute atomic E-state index is 12.9. The molecule has 0 aromatic heterocycles. The minimum absolute atomic E-state index is 0.0924. The van der Waals surface area contributed by atoms with Crippen LogP contribution in [0.3, 0.4) is 0 Å². The van der Waals surface area contributed by atoms with Gasteiger partial charge in [-0.05, 0) is 128 Å². The summed E-state index contributed by atoms with van der Waals surface area (Å²) in [5.74, 6) is -0.934. The summed E-state index contributed by atoms with van der Waals surface area (Å²) in [7, 11) is 0. The largest absolute Gasteiger partial charge is 0.462 e. The molecular weight excluding hydrogens is 1020 g/mol. The van der Waals surface area contributed by atoms with E-state index in [0.29, 0.717) is 19.3 Å². The van der Waals surface area contributed by atoms with Crippen molar-refractivity contribution >= 4 is 17.9 Å². The smallest absolute Gasteiger partial charge is 0.306 e. The number of esters is 3. The molecule has 83 heavy (non-hydrogen) atoms. The lowest BCUT2D eigenvalue weighted by atomic mass is 10.0. The number of hydrogen-bond donors (Lipinski definition) is 0. The molecule has 0 amide bonds. The predicted molar refractivity (Wildman–Crippen MR) is 362 cm³/mol. The minimum atomic E-state index is -0.797. The number of carbonyl (C=O) groups excluding carboxylic acids is 3. The van der Waals surface area contributed by atoms with Crippen LogP contribution in [-0.2, 0) is 28.6 Å². The number of hydrogen-bond acceptors (Lipinski definition) is 6. The molecule has 0 aliphatic heterocycles. The van der Waals surface area contributed by atoms with Gasteiger partial charge in [0, 0.05) is 19.3 Å². The van der Waals surface area contributed by atoms with E-state index >= 15 is 0 Å². The summed E-state index contributed by atoms with van der Waals surface area (Å²) in [5.41, 5.74) is 0. The summed E-state index contributed by atoms with van der Waals surface area (Å²) in [6.07, 6.45) is 101. The van der Waals surface area contributed by atoms with Crippen LogP contribution >= 0.6 is 0 Å². The van der Waals surface area contributed by atoms with Gasteiger partial charge in [0.05, 0.1) is 0 Å². The Hall–Kier alpha value is -4.97. The Morgan fingerprint density at radius 3 is 0.747 bits per heavy atom. The molecule has 0 aromatic rings. The second kappa shape index (κ2) is 69.5. The molecule has 0 saturated carbocycles. The van der Waals surface area contributed by atoms with Crippen LogP contribution in [-0.4, -0.2) is 37.2 Å². The Morgan fingerprint density at radius 2 is 0.470 bits per heavy atom. The van der Waals surface area contributed by atoms with Crippen LogP contribution in [0.5, 0.6) is 0 Å². The van der Waals surface area contributed by atoms with Crippen LogP contribution in [0.1, 0.15) is 290 Å². The van der Waals surface area contributed by atoms with Gasteiger partial charge in [-0.2, -0.15) is 0 Å². The molecule has 1 unspecified atom stereocenters. The molecule has 0 bridgehead atoms. The van der Waals surface area contributed by atoms with Crippen LogP contribution in [0.15, 0.2) is 158 Å². The monoisotopic (exact) mass is 1140 g/mol. The third-order valence-corrected chi connectivity index (χ3v) is 14.0. The summed E-state index contributed by atoms with van der Waals surface area (Å²) < 4.78 is 16.8. The van der Waals surface area contributed by atoms with Crippen molar-refractivity contribution in [2.45, 2.75) is 297 Å². The zero-order chi connectivity index (χ0) is 59.9. The SMILES string of the molecule is CC/C=C\C/C=C\C/C=C\C/C=C\C/C=C\C/C=C\C/C=C\C/C=C\C/C=C\CCCCCC(=O)OCC(COC(=O)CCCCCCCCC)OC(=O)CCCCCCCCCCCCCCCC/C=C\C/C=C\C/C=C\C/C=C\CC. The van der Waals surface area contributed by atoms with Crippen LogP contribution in [0.2, 0.25) is 0 Å². The van der Waals surface area contributed by atoms with Gasteiger partial charge in [0.25, 0.3) is 0 Å². The first-order valence-electron chi connectivity index (χ1n) is 34.0. The van der Waals surface area contributed by atoms with Gasteiger partial charge in [0.15, 0.2) is 6.10 Å². The topological polar surface area (TPSA) is 78.9 Å². The highest BCUT2D eigenvalue weighted by Crippen LogP contribution is 2.16. The number of carbonyl (C=O) groups is 3. The van der Waals surface area contributed by atoms with Crippen LogP contribution in [0, 0.1) is 0 Å². The van der Waals surface area contributed by atoms with E-state index in [1.807, 2.05) is 0 Å². The molecule has 1 atom stereocenters. The molecule has 0 heterocycles. The van der Waals surface area contributed by atoms with E-state index in [1.165, 1.54) is 103 Å². The average molecular weight is 1150 g/mol. The highest BCUT2D eigenvalue weighted by Gasteiger charge is 2.19. The fourth-order valence-electron chi connectivity index (χ4n) is 9.01. The Labute approximate surface area is 511 Å². The quantitative estimate of drug-likeness (QED) is 0.0261. The van der Waals surface area contributed by atoms with Gasteiger partial charge >= 0.3 is 17.9 Å². The van der Waals surface area contributed by atoms with Gasteiger partial charge in [-0.25, -0.2) is 0 Å². The van der Waals surface area contributed by atoms with Gasteiger partial charge in [0.2, 0.25) is 0 Å². The molecule has 0 spiro atoms. The second-order valence-electron chi connectivity index (χ2n) is 22.0. The van der Waals surface area contributed by atoms with Crippen LogP contribution in [0.25, 0.3) is 0 Å². The molecule has 0 aliphatic carbocycles. The molecule has 0 aromatic carbocycles. The van der Waals surface area contributed by atoms with E-state index < -0.39 is 6.10 Å². The third-order valence-electron chi connectivity index (χ3n) is 14.0. The molecule has 468 valence electrons. The van der Waals surface area contributed by atoms with Gasteiger partial charge < -0.3 is 14.2 Å². The zero-order valence-electron chi connectivity index (χ0n) is 53.7. The van der Waals surface area contributed by atoms with E-state index in [2.05, 4.69) is 179 Å². The maximum atomic E-state index is 12.9. The van der Waals surface area contributed by atoms with E-state index in [9.17, 15) is 14.4 Å². The number of ether oxygens (including phenoxy) is 3. The fraction of sp³-hybridized carbons (Fsp3) is 0.623. The van der Waals surface area contributed by atoms with Crippen molar-refractivity contribution in [2.24, 2.45) is 0 Å². The van der Waals surface area contributed by atoms with E-state index in [1.54, 1.807) is 0 Å². The molecule has 0 N–H and O–H groups in total. The van der Waals surface area contributed by atoms with Crippen LogP contribution < -0.4 is 0 Å². The number of allylic oxidation sites excluding steroid dienone is 26. The molecule has 0 aliphatic rings. The second-order valence-corrected chi connectivity index (χ2v) is 22.0. The highest BCUT2D eigenvalue weighted by atomic mass is 16.6. The van der Waals surface area contributed by atoms with Crippen molar-refractivity contribution in [3.63, 3.8) is 0 Å². The summed E-state index contributed by atoms with van der Waals surface area (Å²) in [4.78, 5) is 38.2. The van der Waals surface area contributed by atoms with Crippen molar-refractivity contribution < 1.29 is 28.6 Å².